The average Bonchev–Trinajstić information content (AvgIpc) is 3.19. The van der Waals surface area contributed by atoms with E-state index >= 15 is 0 Å². The number of hydrogen-bond acceptors (Lipinski definition) is 5. The highest BCUT2D eigenvalue weighted by Gasteiger charge is 2.39. The predicted molar refractivity (Wildman–Crippen MR) is 120 cm³/mol. The molecule has 6 heteroatoms. The van der Waals surface area contributed by atoms with Gasteiger partial charge in [-0.1, -0.05) is 32.0 Å². The number of piperidine rings is 1. The number of para-hydroxylation sites is 1. The Bertz CT molecular complexity index is 900. The molecule has 2 fully saturated rings. The Morgan fingerprint density at radius 3 is 2.42 bits per heavy atom. The van der Waals surface area contributed by atoms with E-state index in [4.69, 9.17) is 4.74 Å². The van der Waals surface area contributed by atoms with E-state index in [1.54, 1.807) is 0 Å². The monoisotopic (exact) mass is 421 g/mol. The molecule has 0 aromatic heterocycles. The lowest BCUT2D eigenvalue weighted by Crippen LogP contribution is -2.51. The lowest BCUT2D eigenvalue weighted by atomic mass is 9.88. The van der Waals surface area contributed by atoms with Crippen LogP contribution in [0.2, 0.25) is 0 Å². The van der Waals surface area contributed by atoms with Gasteiger partial charge in [-0.15, -0.1) is 0 Å². The smallest absolute Gasteiger partial charge is 0.241 e. The molecule has 0 spiro atoms. The fraction of sp³-hybridized carbons (Fsp3) is 0.440. The number of nitrogens with zero attached hydrogens (tertiary/aromatic N) is 1. The molecule has 0 saturated carbocycles. The Hall–Kier alpha value is -2.70. The third-order valence-electron chi connectivity index (χ3n) is 6.51. The maximum atomic E-state index is 13.1. The largest absolute Gasteiger partial charge is 0.457 e. The number of likely N-dealkylation sites (tertiary alicyclic amines) is 1. The van der Waals surface area contributed by atoms with Crippen LogP contribution in [0.4, 0.5) is 0 Å². The summed E-state index contributed by atoms with van der Waals surface area (Å²) in [7, 11) is 0. The molecule has 0 bridgehead atoms. The van der Waals surface area contributed by atoms with Crippen LogP contribution in [-0.2, 0) is 4.79 Å². The second kappa shape index (κ2) is 9.62. The van der Waals surface area contributed by atoms with Gasteiger partial charge in [-0.3, -0.25) is 15.0 Å². The number of nitrogens with one attached hydrogen (secondary N) is 2. The van der Waals surface area contributed by atoms with Crippen molar-refractivity contribution in [3.05, 3.63) is 60.2 Å². The predicted octanol–water partition coefficient (Wildman–Crippen LogP) is 3.79. The third kappa shape index (κ3) is 4.81. The zero-order valence-electron chi connectivity index (χ0n) is 18.2. The van der Waals surface area contributed by atoms with Gasteiger partial charge in [0.1, 0.15) is 17.5 Å². The van der Waals surface area contributed by atoms with Crippen LogP contribution < -0.4 is 15.6 Å². The second-order valence-corrected chi connectivity index (χ2v) is 8.57. The number of hydrogen-bond donors (Lipinski definition) is 2. The number of amides is 1. The summed E-state index contributed by atoms with van der Waals surface area (Å²) in [6.07, 6.45) is 2.64. The highest BCUT2D eigenvalue weighted by molar-refractivity contribution is 5.98. The normalized spacial score (nSPS) is 25.9. The van der Waals surface area contributed by atoms with Gasteiger partial charge in [0.05, 0.1) is 0 Å². The SMILES string of the molecule is CCC1NNC(C(=O)N2CCCC(C(=O)c3ccc(Oc4ccccc4)cc3)C2)C1C. The summed E-state index contributed by atoms with van der Waals surface area (Å²) in [5.74, 6) is 1.72. The molecule has 4 unspecified atom stereocenters. The van der Waals surface area contributed by atoms with Gasteiger partial charge in [0.2, 0.25) is 5.91 Å². The maximum absolute atomic E-state index is 13.1. The molecule has 0 radical (unpaired) electrons. The van der Waals surface area contributed by atoms with Crippen molar-refractivity contribution in [3.63, 3.8) is 0 Å². The van der Waals surface area contributed by atoms with Gasteiger partial charge in [-0.05, 0) is 61.6 Å². The lowest BCUT2D eigenvalue weighted by Gasteiger charge is -2.34. The first-order chi connectivity index (χ1) is 15.1. The molecule has 2 saturated heterocycles. The number of rotatable bonds is 6. The molecule has 2 aliphatic heterocycles. The fourth-order valence-electron chi connectivity index (χ4n) is 4.59. The number of ether oxygens (including phenoxy) is 1. The Morgan fingerprint density at radius 1 is 1.03 bits per heavy atom. The topological polar surface area (TPSA) is 70.7 Å². The first-order valence-corrected chi connectivity index (χ1v) is 11.2. The molecule has 6 nitrogen and oxygen atoms in total. The van der Waals surface area contributed by atoms with Crippen LogP contribution in [0.5, 0.6) is 11.5 Å². The molecule has 2 aliphatic rings. The van der Waals surface area contributed by atoms with Gasteiger partial charge in [-0.2, -0.15) is 0 Å². The second-order valence-electron chi connectivity index (χ2n) is 8.57. The van der Waals surface area contributed by atoms with Gasteiger partial charge >= 0.3 is 0 Å². The number of hydrazine groups is 1. The number of carbonyl (C=O) groups excluding carboxylic acids is 2. The zero-order valence-corrected chi connectivity index (χ0v) is 18.2. The minimum Gasteiger partial charge on any atom is -0.457 e. The summed E-state index contributed by atoms with van der Waals surface area (Å²) in [6, 6.07) is 16.9. The van der Waals surface area contributed by atoms with Crippen molar-refractivity contribution in [2.24, 2.45) is 11.8 Å². The fourth-order valence-corrected chi connectivity index (χ4v) is 4.59. The van der Waals surface area contributed by atoms with Crippen molar-refractivity contribution in [1.29, 1.82) is 0 Å². The molecular formula is C25H31N3O3. The van der Waals surface area contributed by atoms with Crippen LogP contribution in [0.3, 0.4) is 0 Å². The van der Waals surface area contributed by atoms with E-state index in [1.807, 2.05) is 59.5 Å². The van der Waals surface area contributed by atoms with Crippen LogP contribution in [0.25, 0.3) is 0 Å². The molecule has 0 aliphatic carbocycles. The van der Waals surface area contributed by atoms with E-state index in [2.05, 4.69) is 24.7 Å². The maximum Gasteiger partial charge on any atom is 0.241 e. The zero-order chi connectivity index (χ0) is 21.8. The Kier molecular flexibility index (Phi) is 6.68. The van der Waals surface area contributed by atoms with E-state index in [9.17, 15) is 9.59 Å². The van der Waals surface area contributed by atoms with Crippen molar-refractivity contribution in [2.75, 3.05) is 13.1 Å². The van der Waals surface area contributed by atoms with Crippen molar-refractivity contribution >= 4 is 11.7 Å². The van der Waals surface area contributed by atoms with Gasteiger partial charge in [-0.25, -0.2) is 5.43 Å². The van der Waals surface area contributed by atoms with Crippen LogP contribution in [0.15, 0.2) is 54.6 Å². The average molecular weight is 422 g/mol. The third-order valence-corrected chi connectivity index (χ3v) is 6.51. The van der Waals surface area contributed by atoms with Crippen LogP contribution in [0, 0.1) is 11.8 Å². The summed E-state index contributed by atoms with van der Waals surface area (Å²) in [6.45, 7) is 5.43. The number of carbonyl (C=O) groups is 2. The minimum absolute atomic E-state index is 0.0973. The summed E-state index contributed by atoms with van der Waals surface area (Å²) in [4.78, 5) is 28.1. The molecule has 164 valence electrons. The summed E-state index contributed by atoms with van der Waals surface area (Å²) >= 11 is 0. The molecule has 4 rings (SSSR count). The molecule has 2 N–H and O–H groups in total. The Morgan fingerprint density at radius 2 is 1.74 bits per heavy atom. The van der Waals surface area contributed by atoms with E-state index < -0.39 is 0 Å². The molecule has 31 heavy (non-hydrogen) atoms. The molecule has 2 aromatic rings. The minimum atomic E-state index is -0.228. The summed E-state index contributed by atoms with van der Waals surface area (Å²) in [5.41, 5.74) is 7.07. The number of Topliss-reactive ketones (excluding diaryl/α,β-unsaturated/α-hetero) is 1. The highest BCUT2D eigenvalue weighted by Crippen LogP contribution is 2.26. The van der Waals surface area contributed by atoms with Crippen LogP contribution >= 0.6 is 0 Å². The quantitative estimate of drug-likeness (QED) is 0.695. The van der Waals surface area contributed by atoms with Gasteiger partial charge in [0, 0.05) is 30.6 Å². The Labute approximate surface area is 183 Å². The van der Waals surface area contributed by atoms with E-state index in [0.717, 1.165) is 25.0 Å². The van der Waals surface area contributed by atoms with Gasteiger partial charge in [0.15, 0.2) is 5.78 Å². The van der Waals surface area contributed by atoms with Crippen LogP contribution in [-0.4, -0.2) is 41.8 Å². The van der Waals surface area contributed by atoms with Crippen molar-refractivity contribution < 1.29 is 14.3 Å². The number of benzene rings is 2. The van der Waals surface area contributed by atoms with Crippen LogP contribution in [0.1, 0.15) is 43.5 Å². The van der Waals surface area contributed by atoms with Gasteiger partial charge in [0.25, 0.3) is 0 Å². The highest BCUT2D eigenvalue weighted by atomic mass is 16.5. The van der Waals surface area contributed by atoms with E-state index in [1.165, 1.54) is 0 Å². The van der Waals surface area contributed by atoms with Crippen molar-refractivity contribution in [3.8, 4) is 11.5 Å². The number of ketones is 1. The molecule has 1 amide bonds. The van der Waals surface area contributed by atoms with E-state index in [0.29, 0.717) is 30.4 Å². The summed E-state index contributed by atoms with van der Waals surface area (Å²) in [5, 5.41) is 0. The molecular weight excluding hydrogens is 390 g/mol. The van der Waals surface area contributed by atoms with Crippen molar-refractivity contribution in [2.45, 2.75) is 45.2 Å². The summed E-state index contributed by atoms with van der Waals surface area (Å²) < 4.78 is 5.81. The standard InChI is InChI=1S/C25H31N3O3/c1-3-22-17(2)23(27-26-22)25(30)28-15-7-8-19(16-28)24(29)18-11-13-21(14-12-18)31-20-9-5-4-6-10-20/h4-6,9-14,17,19,22-23,26-27H,3,7-8,15-16H2,1-2H3. The Balaban J connectivity index is 1.38. The lowest BCUT2D eigenvalue weighted by molar-refractivity contribution is -0.135. The molecule has 4 atom stereocenters. The first kappa shape index (κ1) is 21.5. The van der Waals surface area contributed by atoms with E-state index in [-0.39, 0.29) is 29.6 Å². The first-order valence-electron chi connectivity index (χ1n) is 11.2. The molecule has 2 heterocycles. The van der Waals surface area contributed by atoms with Gasteiger partial charge < -0.3 is 9.64 Å². The molecule has 2 aromatic carbocycles. The van der Waals surface area contributed by atoms with Crippen molar-refractivity contribution in [1.82, 2.24) is 15.8 Å².